The second-order valence-electron chi connectivity index (χ2n) is 4.95. The molecule has 1 aromatic heterocycles. The number of nitrogens with zero attached hydrogens (tertiary/aromatic N) is 1. The summed E-state index contributed by atoms with van der Waals surface area (Å²) in [4.78, 5) is 16.2. The Morgan fingerprint density at radius 3 is 2.43 bits per heavy atom. The number of benzene rings is 2. The van der Waals surface area contributed by atoms with E-state index in [1.807, 2.05) is 55.5 Å². The molecule has 0 aliphatic rings. The molecule has 0 aliphatic heterocycles. The van der Waals surface area contributed by atoms with Crippen LogP contribution in [-0.2, 0) is 0 Å². The number of pyridine rings is 1. The van der Waals surface area contributed by atoms with Crippen molar-refractivity contribution in [2.75, 3.05) is 5.73 Å². The van der Waals surface area contributed by atoms with Crippen LogP contribution in [0.4, 0.5) is 5.82 Å². The van der Waals surface area contributed by atoms with Crippen molar-refractivity contribution in [3.8, 4) is 11.1 Å². The lowest BCUT2D eigenvalue weighted by atomic mass is 9.94. The zero-order valence-corrected chi connectivity index (χ0v) is 11.6. The highest BCUT2D eigenvalue weighted by atomic mass is 16.1. The maximum atomic E-state index is 11.8. The van der Waals surface area contributed by atoms with Crippen LogP contribution in [0.5, 0.6) is 0 Å². The minimum absolute atomic E-state index is 0.170. The number of aryl methyl sites for hydroxylation is 1. The Labute approximate surface area is 122 Å². The summed E-state index contributed by atoms with van der Waals surface area (Å²) in [5.41, 5.74) is 15.2. The molecular weight excluding hydrogens is 262 g/mol. The average Bonchev–Trinajstić information content (AvgIpc) is 2.47. The molecule has 0 bridgehead atoms. The van der Waals surface area contributed by atoms with E-state index in [1.54, 1.807) is 0 Å². The Morgan fingerprint density at radius 2 is 1.76 bits per heavy atom. The average molecular weight is 277 g/mol. The highest BCUT2D eigenvalue weighted by molar-refractivity contribution is 6.12. The molecule has 4 N–H and O–H groups in total. The Morgan fingerprint density at radius 1 is 1.05 bits per heavy atom. The number of hydrogen-bond acceptors (Lipinski definition) is 3. The number of para-hydroxylation sites is 1. The molecule has 4 nitrogen and oxygen atoms in total. The van der Waals surface area contributed by atoms with Gasteiger partial charge in [-0.05, 0) is 18.1 Å². The second-order valence-corrected chi connectivity index (χ2v) is 4.95. The van der Waals surface area contributed by atoms with Crippen molar-refractivity contribution in [3.63, 3.8) is 0 Å². The van der Waals surface area contributed by atoms with Crippen molar-refractivity contribution >= 4 is 22.6 Å². The molecule has 0 fully saturated rings. The topological polar surface area (TPSA) is 82.0 Å². The van der Waals surface area contributed by atoms with Crippen LogP contribution in [0.3, 0.4) is 0 Å². The smallest absolute Gasteiger partial charge is 0.253 e. The maximum Gasteiger partial charge on any atom is 0.253 e. The molecule has 4 heteroatoms. The first kappa shape index (κ1) is 13.1. The molecule has 2 aromatic carbocycles. The van der Waals surface area contributed by atoms with Crippen molar-refractivity contribution in [1.82, 2.24) is 4.98 Å². The summed E-state index contributed by atoms with van der Waals surface area (Å²) in [6, 6.07) is 15.5. The van der Waals surface area contributed by atoms with Gasteiger partial charge in [-0.25, -0.2) is 4.98 Å². The van der Waals surface area contributed by atoms with Crippen LogP contribution in [0, 0.1) is 6.92 Å². The standard InChI is InChI=1S/C17H15N3O/c1-10-6-5-9-12-13(11-7-3-2-4-8-11)14(17(19)21)16(18)20-15(10)12/h2-9H,1H3,(H2,18,20)(H2,19,21). The zero-order chi connectivity index (χ0) is 15.0. The van der Waals surface area contributed by atoms with E-state index in [2.05, 4.69) is 4.98 Å². The minimum atomic E-state index is -0.567. The van der Waals surface area contributed by atoms with Crippen molar-refractivity contribution in [1.29, 1.82) is 0 Å². The fraction of sp³-hybridized carbons (Fsp3) is 0.0588. The lowest BCUT2D eigenvalue weighted by Crippen LogP contribution is -2.16. The normalized spacial score (nSPS) is 10.7. The summed E-state index contributed by atoms with van der Waals surface area (Å²) >= 11 is 0. The van der Waals surface area contributed by atoms with Crippen LogP contribution < -0.4 is 11.5 Å². The summed E-state index contributed by atoms with van der Waals surface area (Å²) in [6.07, 6.45) is 0. The Bertz CT molecular complexity index is 842. The van der Waals surface area contributed by atoms with Gasteiger partial charge in [0.15, 0.2) is 0 Å². The number of fused-ring (bicyclic) bond motifs is 1. The number of nitrogens with two attached hydrogens (primary N) is 2. The van der Waals surface area contributed by atoms with Crippen LogP contribution in [0.1, 0.15) is 15.9 Å². The summed E-state index contributed by atoms with van der Waals surface area (Å²) < 4.78 is 0. The molecule has 104 valence electrons. The highest BCUT2D eigenvalue weighted by Crippen LogP contribution is 2.34. The molecule has 0 saturated heterocycles. The van der Waals surface area contributed by atoms with Crippen LogP contribution >= 0.6 is 0 Å². The number of carbonyl (C=O) groups is 1. The number of nitrogen functional groups attached to an aromatic ring is 1. The third-order valence-electron chi connectivity index (χ3n) is 3.55. The van der Waals surface area contributed by atoms with E-state index in [4.69, 9.17) is 11.5 Å². The molecule has 3 rings (SSSR count). The number of anilines is 1. The molecule has 0 atom stereocenters. The summed E-state index contributed by atoms with van der Waals surface area (Å²) in [6.45, 7) is 1.97. The van der Waals surface area contributed by atoms with Gasteiger partial charge in [-0.2, -0.15) is 0 Å². The van der Waals surface area contributed by atoms with Gasteiger partial charge in [-0.1, -0.05) is 48.5 Å². The molecular formula is C17H15N3O. The number of carbonyl (C=O) groups excluding carboxylic acids is 1. The van der Waals surface area contributed by atoms with Gasteiger partial charge in [0.1, 0.15) is 5.82 Å². The first-order valence-electron chi connectivity index (χ1n) is 6.63. The van der Waals surface area contributed by atoms with Crippen molar-refractivity contribution in [3.05, 3.63) is 59.7 Å². The minimum Gasteiger partial charge on any atom is -0.383 e. The molecule has 0 aliphatic carbocycles. The first-order valence-corrected chi connectivity index (χ1v) is 6.63. The van der Waals surface area contributed by atoms with Gasteiger partial charge in [0.25, 0.3) is 5.91 Å². The van der Waals surface area contributed by atoms with Crippen LogP contribution in [0.25, 0.3) is 22.0 Å². The van der Waals surface area contributed by atoms with Gasteiger partial charge in [0, 0.05) is 10.9 Å². The van der Waals surface area contributed by atoms with E-state index in [0.29, 0.717) is 0 Å². The molecule has 21 heavy (non-hydrogen) atoms. The van der Waals surface area contributed by atoms with E-state index >= 15 is 0 Å². The van der Waals surface area contributed by atoms with Crippen LogP contribution in [-0.4, -0.2) is 10.9 Å². The molecule has 3 aromatic rings. The largest absolute Gasteiger partial charge is 0.383 e. The fourth-order valence-corrected chi connectivity index (χ4v) is 2.60. The fourth-order valence-electron chi connectivity index (χ4n) is 2.60. The van der Waals surface area contributed by atoms with Gasteiger partial charge < -0.3 is 11.5 Å². The molecule has 0 saturated carbocycles. The van der Waals surface area contributed by atoms with Crippen molar-refractivity contribution < 1.29 is 4.79 Å². The third-order valence-corrected chi connectivity index (χ3v) is 3.55. The Balaban J connectivity index is 2.52. The van der Waals surface area contributed by atoms with E-state index in [1.165, 1.54) is 0 Å². The molecule has 0 spiro atoms. The van der Waals surface area contributed by atoms with Gasteiger partial charge in [0.2, 0.25) is 0 Å². The van der Waals surface area contributed by atoms with E-state index < -0.39 is 5.91 Å². The zero-order valence-electron chi connectivity index (χ0n) is 11.6. The lowest BCUT2D eigenvalue weighted by Gasteiger charge is -2.14. The molecule has 1 heterocycles. The second kappa shape index (κ2) is 4.90. The molecule has 0 unspecified atom stereocenters. The first-order chi connectivity index (χ1) is 10.1. The number of rotatable bonds is 2. The summed E-state index contributed by atoms with van der Waals surface area (Å²) in [7, 11) is 0. The lowest BCUT2D eigenvalue weighted by molar-refractivity contribution is 0.100. The molecule has 0 radical (unpaired) electrons. The number of primary amides is 1. The number of amides is 1. The molecule has 1 amide bonds. The Hall–Kier alpha value is -2.88. The maximum absolute atomic E-state index is 11.8. The SMILES string of the molecule is Cc1cccc2c(-c3ccccc3)c(C(N)=O)c(N)nc12. The van der Waals surface area contributed by atoms with E-state index in [-0.39, 0.29) is 11.4 Å². The van der Waals surface area contributed by atoms with Crippen molar-refractivity contribution in [2.45, 2.75) is 6.92 Å². The van der Waals surface area contributed by atoms with Gasteiger partial charge in [0.05, 0.1) is 11.1 Å². The van der Waals surface area contributed by atoms with E-state index in [9.17, 15) is 4.79 Å². The van der Waals surface area contributed by atoms with Crippen LogP contribution in [0.2, 0.25) is 0 Å². The number of aromatic nitrogens is 1. The van der Waals surface area contributed by atoms with Crippen LogP contribution in [0.15, 0.2) is 48.5 Å². The van der Waals surface area contributed by atoms with Gasteiger partial charge >= 0.3 is 0 Å². The Kier molecular flexibility index (Phi) is 3.06. The number of hydrogen-bond donors (Lipinski definition) is 2. The predicted octanol–water partition coefficient (Wildman–Crippen LogP) is 2.89. The van der Waals surface area contributed by atoms with Gasteiger partial charge in [-0.3, -0.25) is 4.79 Å². The summed E-state index contributed by atoms with van der Waals surface area (Å²) in [5, 5.41) is 0.879. The van der Waals surface area contributed by atoms with Crippen molar-refractivity contribution in [2.24, 2.45) is 5.73 Å². The third kappa shape index (κ3) is 2.10. The quantitative estimate of drug-likeness (QED) is 0.755. The monoisotopic (exact) mass is 277 g/mol. The highest BCUT2D eigenvalue weighted by Gasteiger charge is 2.19. The predicted molar refractivity (Wildman–Crippen MR) is 84.8 cm³/mol. The summed E-state index contributed by atoms with van der Waals surface area (Å²) in [5.74, 6) is -0.398. The van der Waals surface area contributed by atoms with E-state index in [0.717, 1.165) is 27.6 Å². The van der Waals surface area contributed by atoms with Gasteiger partial charge in [-0.15, -0.1) is 0 Å².